The van der Waals surface area contributed by atoms with E-state index in [-0.39, 0.29) is 0 Å². The van der Waals surface area contributed by atoms with Gasteiger partial charge >= 0.3 is 0 Å². The van der Waals surface area contributed by atoms with E-state index in [2.05, 4.69) is 5.32 Å². The average Bonchev–Trinajstić information content (AvgIpc) is 2.04. The Morgan fingerprint density at radius 1 is 1.46 bits per heavy atom. The van der Waals surface area contributed by atoms with Crippen LogP contribution in [-0.2, 0) is 0 Å². The Bertz CT molecular complexity index is 310. The second-order valence-corrected chi connectivity index (χ2v) is 3.72. The van der Waals surface area contributed by atoms with Crippen LogP contribution in [0.3, 0.4) is 0 Å². The van der Waals surface area contributed by atoms with Gasteiger partial charge in [0, 0.05) is 18.1 Å². The Morgan fingerprint density at radius 2 is 2.23 bits per heavy atom. The molecular formula is C10H12ClNO. The van der Waals surface area contributed by atoms with Crippen LogP contribution < -0.4 is 10.1 Å². The van der Waals surface area contributed by atoms with E-state index in [1.165, 1.54) is 0 Å². The SMILES string of the molecule is Cc1cc(OC2CNC2)ccc1Cl. The Morgan fingerprint density at radius 3 is 2.77 bits per heavy atom. The molecule has 2 nitrogen and oxygen atoms in total. The van der Waals surface area contributed by atoms with Crippen molar-refractivity contribution in [2.75, 3.05) is 13.1 Å². The van der Waals surface area contributed by atoms with Crippen molar-refractivity contribution in [3.05, 3.63) is 28.8 Å². The quantitative estimate of drug-likeness (QED) is 0.783. The highest BCUT2D eigenvalue weighted by Crippen LogP contribution is 2.22. The smallest absolute Gasteiger partial charge is 0.123 e. The van der Waals surface area contributed by atoms with Crippen LogP contribution >= 0.6 is 11.6 Å². The monoisotopic (exact) mass is 197 g/mol. The standard InChI is InChI=1S/C10H12ClNO/c1-7-4-8(2-3-10(7)11)13-9-5-12-6-9/h2-4,9,12H,5-6H2,1H3. The molecule has 1 aromatic carbocycles. The van der Waals surface area contributed by atoms with Gasteiger partial charge in [0.15, 0.2) is 0 Å². The molecule has 1 heterocycles. The van der Waals surface area contributed by atoms with Crippen LogP contribution in [0.5, 0.6) is 5.75 Å². The van der Waals surface area contributed by atoms with Crippen molar-refractivity contribution in [2.45, 2.75) is 13.0 Å². The molecule has 1 aromatic rings. The molecule has 2 rings (SSSR count). The lowest BCUT2D eigenvalue weighted by molar-refractivity contribution is 0.142. The van der Waals surface area contributed by atoms with Gasteiger partial charge in [-0.1, -0.05) is 11.6 Å². The van der Waals surface area contributed by atoms with E-state index in [4.69, 9.17) is 16.3 Å². The van der Waals surface area contributed by atoms with E-state index in [9.17, 15) is 0 Å². The molecule has 1 saturated heterocycles. The molecule has 1 N–H and O–H groups in total. The molecular weight excluding hydrogens is 186 g/mol. The first kappa shape index (κ1) is 8.85. The maximum Gasteiger partial charge on any atom is 0.123 e. The minimum Gasteiger partial charge on any atom is -0.488 e. The van der Waals surface area contributed by atoms with Crippen LogP contribution in [0.25, 0.3) is 0 Å². The molecule has 0 atom stereocenters. The van der Waals surface area contributed by atoms with Gasteiger partial charge in [0.25, 0.3) is 0 Å². The van der Waals surface area contributed by atoms with Gasteiger partial charge in [-0.15, -0.1) is 0 Å². The molecule has 1 aliphatic heterocycles. The normalized spacial score (nSPS) is 16.8. The molecule has 0 radical (unpaired) electrons. The molecule has 1 fully saturated rings. The molecule has 0 amide bonds. The van der Waals surface area contributed by atoms with E-state index in [0.717, 1.165) is 29.4 Å². The zero-order valence-corrected chi connectivity index (χ0v) is 8.27. The van der Waals surface area contributed by atoms with Crippen molar-refractivity contribution < 1.29 is 4.74 Å². The van der Waals surface area contributed by atoms with Crippen molar-refractivity contribution in [3.8, 4) is 5.75 Å². The fraction of sp³-hybridized carbons (Fsp3) is 0.400. The molecule has 0 spiro atoms. The van der Waals surface area contributed by atoms with Gasteiger partial charge in [-0.25, -0.2) is 0 Å². The topological polar surface area (TPSA) is 21.3 Å². The van der Waals surface area contributed by atoms with Gasteiger partial charge in [-0.3, -0.25) is 0 Å². The molecule has 0 unspecified atom stereocenters. The summed E-state index contributed by atoms with van der Waals surface area (Å²) < 4.78 is 5.66. The lowest BCUT2D eigenvalue weighted by Crippen LogP contribution is -2.50. The molecule has 0 aliphatic carbocycles. The van der Waals surface area contributed by atoms with E-state index in [1.54, 1.807) is 0 Å². The van der Waals surface area contributed by atoms with E-state index in [1.807, 2.05) is 25.1 Å². The molecule has 3 heteroatoms. The zero-order valence-electron chi connectivity index (χ0n) is 7.51. The third kappa shape index (κ3) is 1.95. The predicted molar refractivity (Wildman–Crippen MR) is 53.5 cm³/mol. The number of nitrogens with one attached hydrogen (secondary N) is 1. The maximum absolute atomic E-state index is 5.90. The van der Waals surface area contributed by atoms with Crippen molar-refractivity contribution >= 4 is 11.6 Å². The predicted octanol–water partition coefficient (Wildman–Crippen LogP) is 2.00. The summed E-state index contributed by atoms with van der Waals surface area (Å²) in [5, 5.41) is 3.95. The Balaban J connectivity index is 2.07. The average molecular weight is 198 g/mol. The minimum atomic E-state index is 0.334. The maximum atomic E-state index is 5.90. The summed E-state index contributed by atoms with van der Waals surface area (Å²) >= 11 is 5.90. The number of rotatable bonds is 2. The van der Waals surface area contributed by atoms with Crippen molar-refractivity contribution in [1.82, 2.24) is 5.32 Å². The minimum absolute atomic E-state index is 0.334. The van der Waals surface area contributed by atoms with E-state index < -0.39 is 0 Å². The zero-order chi connectivity index (χ0) is 9.26. The van der Waals surface area contributed by atoms with Crippen molar-refractivity contribution in [3.63, 3.8) is 0 Å². The lowest BCUT2D eigenvalue weighted by Gasteiger charge is -2.27. The number of benzene rings is 1. The van der Waals surface area contributed by atoms with Gasteiger partial charge in [0.05, 0.1) is 0 Å². The second kappa shape index (κ2) is 3.56. The highest BCUT2D eigenvalue weighted by atomic mass is 35.5. The summed E-state index contributed by atoms with van der Waals surface area (Å²) in [6.45, 7) is 3.87. The first-order valence-corrected chi connectivity index (χ1v) is 4.77. The summed E-state index contributed by atoms with van der Waals surface area (Å²) in [5.41, 5.74) is 1.06. The molecule has 0 bridgehead atoms. The van der Waals surface area contributed by atoms with Crippen LogP contribution in [0.1, 0.15) is 5.56 Å². The van der Waals surface area contributed by atoms with Gasteiger partial charge in [0.2, 0.25) is 0 Å². The fourth-order valence-corrected chi connectivity index (χ4v) is 1.35. The third-order valence-electron chi connectivity index (χ3n) is 2.18. The molecule has 1 aliphatic rings. The Kier molecular flexibility index (Phi) is 2.42. The highest BCUT2D eigenvalue weighted by molar-refractivity contribution is 6.31. The summed E-state index contributed by atoms with van der Waals surface area (Å²) in [6, 6.07) is 5.76. The van der Waals surface area contributed by atoms with E-state index in [0.29, 0.717) is 6.10 Å². The third-order valence-corrected chi connectivity index (χ3v) is 2.60. The molecule has 13 heavy (non-hydrogen) atoms. The molecule has 0 aromatic heterocycles. The number of hydrogen-bond donors (Lipinski definition) is 1. The van der Waals surface area contributed by atoms with Crippen LogP contribution in [0.4, 0.5) is 0 Å². The first-order valence-electron chi connectivity index (χ1n) is 4.39. The fourth-order valence-electron chi connectivity index (χ4n) is 1.23. The van der Waals surface area contributed by atoms with Gasteiger partial charge < -0.3 is 10.1 Å². The lowest BCUT2D eigenvalue weighted by atomic mass is 10.2. The Labute approximate surface area is 82.9 Å². The van der Waals surface area contributed by atoms with Gasteiger partial charge in [-0.2, -0.15) is 0 Å². The van der Waals surface area contributed by atoms with Crippen molar-refractivity contribution in [1.29, 1.82) is 0 Å². The number of hydrogen-bond acceptors (Lipinski definition) is 2. The van der Waals surface area contributed by atoms with Crippen LogP contribution in [0.15, 0.2) is 18.2 Å². The number of aryl methyl sites for hydroxylation is 1. The van der Waals surface area contributed by atoms with Crippen LogP contribution in [0, 0.1) is 6.92 Å². The Hall–Kier alpha value is -0.730. The van der Waals surface area contributed by atoms with Gasteiger partial charge in [0.1, 0.15) is 11.9 Å². The van der Waals surface area contributed by atoms with E-state index >= 15 is 0 Å². The largest absolute Gasteiger partial charge is 0.488 e. The van der Waals surface area contributed by atoms with Crippen molar-refractivity contribution in [2.24, 2.45) is 0 Å². The summed E-state index contributed by atoms with van der Waals surface area (Å²) in [6.07, 6.45) is 0.334. The van der Waals surface area contributed by atoms with Crippen LogP contribution in [0.2, 0.25) is 5.02 Å². The first-order chi connectivity index (χ1) is 6.25. The summed E-state index contributed by atoms with van der Waals surface area (Å²) in [4.78, 5) is 0. The molecule has 70 valence electrons. The van der Waals surface area contributed by atoms with Gasteiger partial charge in [-0.05, 0) is 30.7 Å². The number of halogens is 1. The summed E-state index contributed by atoms with van der Waals surface area (Å²) in [5.74, 6) is 0.911. The van der Waals surface area contributed by atoms with Crippen LogP contribution in [-0.4, -0.2) is 19.2 Å². The second-order valence-electron chi connectivity index (χ2n) is 3.31. The highest BCUT2D eigenvalue weighted by Gasteiger charge is 2.18. The molecule has 0 saturated carbocycles. The summed E-state index contributed by atoms with van der Waals surface area (Å²) in [7, 11) is 0. The number of ether oxygens (including phenoxy) is 1.